The molecule has 2 heterocycles. The highest BCUT2D eigenvalue weighted by atomic mass is 16.5. The van der Waals surface area contributed by atoms with Gasteiger partial charge in [-0.1, -0.05) is 30.3 Å². The van der Waals surface area contributed by atoms with E-state index in [2.05, 4.69) is 15.7 Å². The fourth-order valence-electron chi connectivity index (χ4n) is 3.59. The summed E-state index contributed by atoms with van der Waals surface area (Å²) in [6.45, 7) is 3.01. The SMILES string of the molecule is Cn1nc(CNC(=O)NCc2cccc(C(=O)N3CCOCC3)c2)c2ccccc21. The fourth-order valence-corrected chi connectivity index (χ4v) is 3.59. The summed E-state index contributed by atoms with van der Waals surface area (Å²) in [6, 6.07) is 15.0. The molecule has 8 nitrogen and oxygen atoms in total. The van der Waals surface area contributed by atoms with Crippen LogP contribution in [-0.2, 0) is 24.9 Å². The second kappa shape index (κ2) is 8.96. The molecule has 0 unspecified atom stereocenters. The minimum absolute atomic E-state index is 0.00775. The van der Waals surface area contributed by atoms with E-state index in [4.69, 9.17) is 4.74 Å². The minimum atomic E-state index is -0.283. The van der Waals surface area contributed by atoms with Gasteiger partial charge in [-0.05, 0) is 23.8 Å². The molecule has 2 aromatic carbocycles. The Balaban J connectivity index is 1.32. The highest BCUT2D eigenvalue weighted by Crippen LogP contribution is 2.17. The Hall–Kier alpha value is -3.39. The van der Waals surface area contributed by atoms with Crippen molar-refractivity contribution in [1.29, 1.82) is 0 Å². The van der Waals surface area contributed by atoms with E-state index >= 15 is 0 Å². The second-order valence-electron chi connectivity index (χ2n) is 7.23. The van der Waals surface area contributed by atoms with E-state index in [0.29, 0.717) is 45.0 Å². The average molecular weight is 407 g/mol. The third kappa shape index (κ3) is 4.44. The summed E-state index contributed by atoms with van der Waals surface area (Å²) < 4.78 is 7.11. The number of carbonyl (C=O) groups excluding carboxylic acids is 2. The zero-order valence-electron chi connectivity index (χ0n) is 16.9. The van der Waals surface area contributed by atoms with E-state index in [9.17, 15) is 9.59 Å². The molecule has 0 atom stereocenters. The second-order valence-corrected chi connectivity index (χ2v) is 7.23. The maximum Gasteiger partial charge on any atom is 0.315 e. The number of benzene rings is 2. The van der Waals surface area contributed by atoms with Gasteiger partial charge in [0.05, 0.1) is 31.0 Å². The number of nitrogens with one attached hydrogen (secondary N) is 2. The van der Waals surface area contributed by atoms with E-state index in [1.54, 1.807) is 15.6 Å². The summed E-state index contributed by atoms with van der Waals surface area (Å²) in [5, 5.41) is 11.2. The molecule has 30 heavy (non-hydrogen) atoms. The first kappa shape index (κ1) is 19.9. The van der Waals surface area contributed by atoms with Crippen molar-refractivity contribution in [1.82, 2.24) is 25.3 Å². The summed E-state index contributed by atoms with van der Waals surface area (Å²) in [5.41, 5.74) is 3.34. The maximum atomic E-state index is 12.6. The van der Waals surface area contributed by atoms with E-state index in [1.807, 2.05) is 49.5 Å². The van der Waals surface area contributed by atoms with Crippen LogP contribution in [0.5, 0.6) is 0 Å². The quantitative estimate of drug-likeness (QED) is 0.678. The van der Waals surface area contributed by atoms with Gasteiger partial charge < -0.3 is 20.3 Å². The first-order valence-corrected chi connectivity index (χ1v) is 10.00. The average Bonchev–Trinajstić information content (AvgIpc) is 3.12. The normalized spacial score (nSPS) is 14.0. The van der Waals surface area contributed by atoms with Crippen LogP contribution in [0.4, 0.5) is 4.79 Å². The molecular formula is C22H25N5O3. The lowest BCUT2D eigenvalue weighted by Crippen LogP contribution is -2.40. The fraction of sp³-hybridized carbons (Fsp3) is 0.318. The number of aromatic nitrogens is 2. The van der Waals surface area contributed by atoms with E-state index in [0.717, 1.165) is 22.2 Å². The Morgan fingerprint density at radius 2 is 1.80 bits per heavy atom. The highest BCUT2D eigenvalue weighted by molar-refractivity contribution is 5.94. The van der Waals surface area contributed by atoms with Crippen molar-refractivity contribution in [3.63, 3.8) is 0 Å². The van der Waals surface area contributed by atoms with Crippen molar-refractivity contribution in [2.24, 2.45) is 7.05 Å². The van der Waals surface area contributed by atoms with Crippen molar-refractivity contribution in [3.05, 3.63) is 65.4 Å². The number of urea groups is 1. The summed E-state index contributed by atoms with van der Waals surface area (Å²) in [4.78, 5) is 26.7. The first-order chi connectivity index (χ1) is 14.6. The van der Waals surface area contributed by atoms with Crippen LogP contribution in [0.3, 0.4) is 0 Å². The lowest BCUT2D eigenvalue weighted by molar-refractivity contribution is 0.0303. The zero-order chi connectivity index (χ0) is 20.9. The van der Waals surface area contributed by atoms with E-state index in [1.165, 1.54) is 0 Å². The Morgan fingerprint density at radius 1 is 1.03 bits per heavy atom. The van der Waals surface area contributed by atoms with Crippen LogP contribution in [0.2, 0.25) is 0 Å². The predicted octanol–water partition coefficient (Wildman–Crippen LogP) is 2.05. The third-order valence-corrected chi connectivity index (χ3v) is 5.18. The Bertz CT molecular complexity index is 1060. The molecular weight excluding hydrogens is 382 g/mol. The Kier molecular flexibility index (Phi) is 5.94. The van der Waals surface area contributed by atoms with Crippen LogP contribution in [0.15, 0.2) is 48.5 Å². The molecule has 4 rings (SSSR count). The van der Waals surface area contributed by atoms with Gasteiger partial charge in [0.15, 0.2) is 0 Å². The molecule has 2 N–H and O–H groups in total. The van der Waals surface area contributed by atoms with Gasteiger partial charge >= 0.3 is 6.03 Å². The molecule has 1 aliphatic rings. The maximum absolute atomic E-state index is 12.6. The third-order valence-electron chi connectivity index (χ3n) is 5.18. The van der Waals surface area contributed by atoms with E-state index in [-0.39, 0.29) is 11.9 Å². The lowest BCUT2D eigenvalue weighted by Gasteiger charge is -2.27. The number of ether oxygens (including phenoxy) is 1. The smallest absolute Gasteiger partial charge is 0.315 e. The van der Waals surface area contributed by atoms with Gasteiger partial charge in [-0.3, -0.25) is 9.48 Å². The molecule has 0 aliphatic carbocycles. The molecule has 3 aromatic rings. The Morgan fingerprint density at radius 3 is 2.63 bits per heavy atom. The topological polar surface area (TPSA) is 88.5 Å². The molecule has 0 spiro atoms. The van der Waals surface area contributed by atoms with Crippen molar-refractivity contribution in [3.8, 4) is 0 Å². The van der Waals surface area contributed by atoms with Gasteiger partial charge in [0.1, 0.15) is 0 Å². The summed E-state index contributed by atoms with van der Waals surface area (Å²) >= 11 is 0. The lowest BCUT2D eigenvalue weighted by atomic mass is 10.1. The van der Waals surface area contributed by atoms with Crippen molar-refractivity contribution >= 4 is 22.8 Å². The zero-order valence-corrected chi connectivity index (χ0v) is 16.9. The van der Waals surface area contributed by atoms with Crippen molar-refractivity contribution in [2.75, 3.05) is 26.3 Å². The number of carbonyl (C=O) groups is 2. The number of hydrogen-bond donors (Lipinski definition) is 2. The summed E-state index contributed by atoms with van der Waals surface area (Å²) in [5.74, 6) is -0.00775. The summed E-state index contributed by atoms with van der Waals surface area (Å²) in [6.07, 6.45) is 0. The molecule has 8 heteroatoms. The van der Waals surface area contributed by atoms with Crippen molar-refractivity contribution < 1.29 is 14.3 Å². The molecule has 1 aliphatic heterocycles. The van der Waals surface area contributed by atoms with Crippen molar-refractivity contribution in [2.45, 2.75) is 13.1 Å². The molecule has 156 valence electrons. The van der Waals surface area contributed by atoms with Crippen LogP contribution >= 0.6 is 0 Å². The molecule has 0 saturated carbocycles. The highest BCUT2D eigenvalue weighted by Gasteiger charge is 2.18. The van der Waals surface area contributed by atoms with Gasteiger partial charge in [0, 0.05) is 37.6 Å². The number of para-hydroxylation sites is 1. The van der Waals surface area contributed by atoms with E-state index < -0.39 is 0 Å². The monoisotopic (exact) mass is 407 g/mol. The Labute approximate surface area is 174 Å². The first-order valence-electron chi connectivity index (χ1n) is 10.00. The molecule has 1 fully saturated rings. The van der Waals surface area contributed by atoms with Crippen LogP contribution in [-0.4, -0.2) is 52.9 Å². The largest absolute Gasteiger partial charge is 0.378 e. The van der Waals surface area contributed by atoms with Crippen LogP contribution < -0.4 is 10.6 Å². The number of amides is 3. The molecule has 0 radical (unpaired) electrons. The van der Waals surface area contributed by atoms with Gasteiger partial charge in [0.2, 0.25) is 0 Å². The van der Waals surface area contributed by atoms with Gasteiger partial charge in [-0.2, -0.15) is 5.10 Å². The van der Waals surface area contributed by atoms with Crippen LogP contribution in [0.25, 0.3) is 10.9 Å². The molecule has 1 saturated heterocycles. The number of morpholine rings is 1. The summed E-state index contributed by atoms with van der Waals surface area (Å²) in [7, 11) is 1.89. The number of rotatable bonds is 5. The number of fused-ring (bicyclic) bond motifs is 1. The van der Waals surface area contributed by atoms with Crippen LogP contribution in [0.1, 0.15) is 21.6 Å². The number of hydrogen-bond acceptors (Lipinski definition) is 4. The predicted molar refractivity (Wildman–Crippen MR) is 113 cm³/mol. The van der Waals surface area contributed by atoms with Crippen LogP contribution in [0, 0.1) is 0 Å². The minimum Gasteiger partial charge on any atom is -0.378 e. The number of nitrogens with zero attached hydrogens (tertiary/aromatic N) is 3. The molecule has 0 bridgehead atoms. The van der Waals surface area contributed by atoms with Gasteiger partial charge in [-0.15, -0.1) is 0 Å². The molecule has 1 aromatic heterocycles. The standard InChI is InChI=1S/C22H25N5O3/c1-26-20-8-3-2-7-18(20)19(25-26)15-24-22(29)23-14-16-5-4-6-17(13-16)21(28)27-9-11-30-12-10-27/h2-8,13H,9-12,14-15H2,1H3,(H2,23,24,29). The van der Waals surface area contributed by atoms with Gasteiger partial charge in [-0.25, -0.2) is 4.79 Å². The van der Waals surface area contributed by atoms with Gasteiger partial charge in [0.25, 0.3) is 5.91 Å². The molecule has 3 amide bonds. The number of aryl methyl sites for hydroxylation is 1.